The van der Waals surface area contributed by atoms with Gasteiger partial charge in [0.2, 0.25) is 11.9 Å². The fourth-order valence-corrected chi connectivity index (χ4v) is 2.95. The van der Waals surface area contributed by atoms with Crippen LogP contribution in [0.4, 0.5) is 11.9 Å². The largest absolute Gasteiger partial charge is 0.378 e. The zero-order chi connectivity index (χ0) is 20.4. The standard InChI is InChI=1S/C14H18BrN7O2.2C2H6/c15-11-9-16-22(10-11)14-18-12(20-1-5-23-6-2-20)17-13(19-14)21-3-7-24-8-4-21;2*1-2/h9-10H,1-8H2;2*1-2H3. The van der Waals surface area contributed by atoms with Crippen molar-refractivity contribution in [1.82, 2.24) is 24.7 Å². The quantitative estimate of drug-likeness (QED) is 0.697. The van der Waals surface area contributed by atoms with Crippen LogP contribution in [0.15, 0.2) is 16.9 Å². The summed E-state index contributed by atoms with van der Waals surface area (Å²) in [6.07, 6.45) is 3.55. The van der Waals surface area contributed by atoms with Crippen LogP contribution in [0.1, 0.15) is 27.7 Å². The van der Waals surface area contributed by atoms with Crippen molar-refractivity contribution in [3.63, 3.8) is 0 Å². The zero-order valence-corrected chi connectivity index (χ0v) is 18.7. The molecule has 0 spiro atoms. The van der Waals surface area contributed by atoms with Gasteiger partial charge in [0.15, 0.2) is 0 Å². The molecule has 4 rings (SSSR count). The summed E-state index contributed by atoms with van der Waals surface area (Å²) in [5, 5.41) is 4.29. The van der Waals surface area contributed by atoms with Crippen molar-refractivity contribution in [2.24, 2.45) is 0 Å². The van der Waals surface area contributed by atoms with Crippen LogP contribution in [0.5, 0.6) is 0 Å². The molecule has 0 saturated carbocycles. The molecule has 0 aromatic carbocycles. The van der Waals surface area contributed by atoms with Crippen molar-refractivity contribution >= 4 is 27.8 Å². The number of nitrogens with zero attached hydrogens (tertiary/aromatic N) is 7. The molecule has 2 aliphatic heterocycles. The fourth-order valence-electron chi connectivity index (χ4n) is 2.67. The molecule has 2 aromatic heterocycles. The third-order valence-corrected chi connectivity index (χ3v) is 4.35. The molecule has 2 aliphatic rings. The van der Waals surface area contributed by atoms with Gasteiger partial charge >= 0.3 is 0 Å². The first kappa shape index (κ1) is 22.5. The van der Waals surface area contributed by atoms with Crippen LogP contribution in [-0.2, 0) is 9.47 Å². The number of hydrogen-bond acceptors (Lipinski definition) is 8. The minimum atomic E-state index is 0.513. The van der Waals surface area contributed by atoms with E-state index in [2.05, 4.69) is 45.8 Å². The second-order valence-electron chi connectivity index (χ2n) is 5.54. The first-order valence-corrected chi connectivity index (χ1v) is 10.7. The maximum atomic E-state index is 5.42. The van der Waals surface area contributed by atoms with Crippen molar-refractivity contribution in [2.45, 2.75) is 27.7 Å². The van der Waals surface area contributed by atoms with Crippen LogP contribution in [-0.4, -0.2) is 77.3 Å². The summed E-state index contributed by atoms with van der Waals surface area (Å²) in [6.45, 7) is 13.8. The molecular weight excluding hydrogens is 426 g/mol. The lowest BCUT2D eigenvalue weighted by Crippen LogP contribution is -2.40. The molecule has 0 aliphatic carbocycles. The minimum Gasteiger partial charge on any atom is -0.378 e. The van der Waals surface area contributed by atoms with E-state index < -0.39 is 0 Å². The lowest BCUT2D eigenvalue weighted by atomic mass is 10.4. The second-order valence-corrected chi connectivity index (χ2v) is 6.45. The zero-order valence-electron chi connectivity index (χ0n) is 17.1. The highest BCUT2D eigenvalue weighted by atomic mass is 79.9. The number of ether oxygens (including phenoxy) is 2. The molecule has 156 valence electrons. The van der Waals surface area contributed by atoms with Crippen LogP contribution in [0.3, 0.4) is 0 Å². The van der Waals surface area contributed by atoms with Gasteiger partial charge in [-0.05, 0) is 15.9 Å². The molecule has 9 nitrogen and oxygen atoms in total. The Hall–Kier alpha value is -1.78. The number of anilines is 2. The first-order chi connectivity index (χ1) is 13.8. The highest BCUT2D eigenvalue weighted by molar-refractivity contribution is 9.10. The Morgan fingerprint density at radius 2 is 1.18 bits per heavy atom. The van der Waals surface area contributed by atoms with Gasteiger partial charge in [-0.15, -0.1) is 0 Å². The van der Waals surface area contributed by atoms with Gasteiger partial charge in [-0.2, -0.15) is 20.1 Å². The van der Waals surface area contributed by atoms with E-state index in [1.54, 1.807) is 10.9 Å². The summed E-state index contributed by atoms with van der Waals surface area (Å²) in [6, 6.07) is 0. The molecule has 2 saturated heterocycles. The van der Waals surface area contributed by atoms with Gasteiger partial charge in [0.1, 0.15) is 0 Å². The van der Waals surface area contributed by atoms with Crippen molar-refractivity contribution in [1.29, 1.82) is 0 Å². The van der Waals surface area contributed by atoms with Gasteiger partial charge in [0, 0.05) is 32.4 Å². The van der Waals surface area contributed by atoms with Crippen LogP contribution >= 0.6 is 15.9 Å². The summed E-state index contributed by atoms with van der Waals surface area (Å²) in [5.41, 5.74) is 0. The number of rotatable bonds is 3. The molecule has 4 heterocycles. The maximum absolute atomic E-state index is 5.42. The highest BCUT2D eigenvalue weighted by Gasteiger charge is 2.21. The molecule has 0 bridgehead atoms. The summed E-state index contributed by atoms with van der Waals surface area (Å²) in [5.74, 6) is 1.84. The smallest absolute Gasteiger partial charge is 0.257 e. The summed E-state index contributed by atoms with van der Waals surface area (Å²) in [7, 11) is 0. The van der Waals surface area contributed by atoms with E-state index in [-0.39, 0.29) is 0 Å². The van der Waals surface area contributed by atoms with Crippen molar-refractivity contribution < 1.29 is 9.47 Å². The van der Waals surface area contributed by atoms with Gasteiger partial charge in [-0.25, -0.2) is 4.68 Å². The molecule has 0 atom stereocenters. The van der Waals surface area contributed by atoms with E-state index in [0.29, 0.717) is 44.3 Å². The molecule has 0 radical (unpaired) electrons. The molecular formula is C18H30BrN7O2. The van der Waals surface area contributed by atoms with E-state index in [1.165, 1.54) is 0 Å². The van der Waals surface area contributed by atoms with E-state index in [4.69, 9.17) is 9.47 Å². The highest BCUT2D eigenvalue weighted by Crippen LogP contribution is 2.19. The monoisotopic (exact) mass is 455 g/mol. The van der Waals surface area contributed by atoms with Crippen LogP contribution in [0.25, 0.3) is 5.95 Å². The first-order valence-electron chi connectivity index (χ1n) is 9.91. The number of halogens is 1. The van der Waals surface area contributed by atoms with Crippen LogP contribution in [0.2, 0.25) is 0 Å². The predicted octanol–water partition coefficient (Wildman–Crippen LogP) is 2.55. The normalized spacial score (nSPS) is 16.6. The lowest BCUT2D eigenvalue weighted by Gasteiger charge is -2.30. The van der Waals surface area contributed by atoms with Crippen LogP contribution < -0.4 is 9.80 Å². The van der Waals surface area contributed by atoms with Crippen molar-refractivity contribution in [3.05, 3.63) is 16.9 Å². The SMILES string of the molecule is Brc1cnn(-c2nc(N3CCOCC3)nc(N3CCOCC3)n2)c1.CC.CC. The molecule has 0 amide bonds. The Morgan fingerprint density at radius 3 is 1.57 bits per heavy atom. The van der Waals surface area contributed by atoms with Gasteiger partial charge in [0.05, 0.1) is 37.1 Å². The summed E-state index contributed by atoms with van der Waals surface area (Å²) in [4.78, 5) is 18.1. The lowest BCUT2D eigenvalue weighted by molar-refractivity contribution is 0.121. The Labute approximate surface area is 175 Å². The fraction of sp³-hybridized carbons (Fsp3) is 0.667. The number of aromatic nitrogens is 5. The Balaban J connectivity index is 0.000000660. The molecule has 28 heavy (non-hydrogen) atoms. The molecule has 2 aromatic rings. The number of morpholine rings is 2. The molecule has 0 N–H and O–H groups in total. The molecule has 10 heteroatoms. The Kier molecular flexibility index (Phi) is 9.59. The van der Waals surface area contributed by atoms with E-state index in [9.17, 15) is 0 Å². The second kappa shape index (κ2) is 11.9. The molecule has 0 unspecified atom stereocenters. The van der Waals surface area contributed by atoms with Crippen molar-refractivity contribution in [2.75, 3.05) is 62.4 Å². The predicted molar refractivity (Wildman–Crippen MR) is 113 cm³/mol. The maximum Gasteiger partial charge on any atom is 0.257 e. The van der Waals surface area contributed by atoms with Gasteiger partial charge in [-0.3, -0.25) is 0 Å². The third-order valence-electron chi connectivity index (χ3n) is 3.94. The molecule has 2 fully saturated rings. The van der Waals surface area contributed by atoms with Crippen LogP contribution in [0, 0.1) is 0 Å². The minimum absolute atomic E-state index is 0.513. The Bertz CT molecular complexity index is 665. The Morgan fingerprint density at radius 1 is 0.750 bits per heavy atom. The van der Waals surface area contributed by atoms with Crippen molar-refractivity contribution in [3.8, 4) is 5.95 Å². The average molecular weight is 456 g/mol. The third kappa shape index (κ3) is 5.86. The van der Waals surface area contributed by atoms with Gasteiger partial charge in [0.25, 0.3) is 5.95 Å². The van der Waals surface area contributed by atoms with E-state index in [1.807, 2.05) is 33.9 Å². The number of hydrogen-bond donors (Lipinski definition) is 0. The topological polar surface area (TPSA) is 81.4 Å². The van der Waals surface area contributed by atoms with E-state index in [0.717, 1.165) is 30.7 Å². The van der Waals surface area contributed by atoms with Gasteiger partial charge in [-0.1, -0.05) is 27.7 Å². The van der Waals surface area contributed by atoms with Gasteiger partial charge < -0.3 is 19.3 Å². The van der Waals surface area contributed by atoms with E-state index >= 15 is 0 Å². The average Bonchev–Trinajstić information content (AvgIpc) is 3.24. The summed E-state index contributed by atoms with van der Waals surface area (Å²) < 4.78 is 13.4. The summed E-state index contributed by atoms with van der Waals surface area (Å²) >= 11 is 3.41.